The minimum atomic E-state index is -2.33. The zero-order valence-corrected chi connectivity index (χ0v) is 15.3. The van der Waals surface area contributed by atoms with Crippen LogP contribution in [0.2, 0.25) is 17.3 Å². The van der Waals surface area contributed by atoms with Gasteiger partial charge < -0.3 is 0 Å². The molecular formula is C15H18GeN2O2P+. The van der Waals surface area contributed by atoms with Crippen molar-refractivity contribution in [3.8, 4) is 11.5 Å². The van der Waals surface area contributed by atoms with Crippen molar-refractivity contribution < 1.29 is 9.05 Å². The third-order valence-corrected chi connectivity index (χ3v) is 13.7. The molecule has 0 saturated heterocycles. The average Bonchev–Trinajstić information content (AvgIpc) is 2.93. The number of hydrogen-bond donors (Lipinski definition) is 1. The van der Waals surface area contributed by atoms with Crippen molar-refractivity contribution in [1.82, 2.24) is 0 Å². The molecular weight excluding hydrogens is 344 g/mol. The molecule has 2 heterocycles. The number of para-hydroxylation sites is 4. The molecule has 0 amide bonds. The number of hydrogen-bond acceptors (Lipinski definition) is 4. The topological polar surface area (TPSA) is 33.7 Å². The van der Waals surface area contributed by atoms with Crippen LogP contribution in [-0.2, 0) is 0 Å². The fourth-order valence-corrected chi connectivity index (χ4v) is 13.5. The first-order chi connectivity index (χ1) is 10.00. The van der Waals surface area contributed by atoms with Gasteiger partial charge in [0.25, 0.3) is 0 Å². The van der Waals surface area contributed by atoms with Gasteiger partial charge in [-0.15, -0.1) is 0 Å². The summed E-state index contributed by atoms with van der Waals surface area (Å²) in [5, 5.41) is 3.55. The molecule has 1 spiro atoms. The van der Waals surface area contributed by atoms with E-state index < -0.39 is 21.5 Å². The zero-order valence-electron chi connectivity index (χ0n) is 12.3. The summed E-state index contributed by atoms with van der Waals surface area (Å²) in [7, 11) is -2.33. The average molecular weight is 362 g/mol. The second-order valence-corrected chi connectivity index (χ2v) is 19.1. The normalized spacial score (nSPS) is 22.3. The summed E-state index contributed by atoms with van der Waals surface area (Å²) < 4.78 is 15.1. The monoisotopic (exact) mass is 363 g/mol. The van der Waals surface area contributed by atoms with E-state index in [4.69, 9.17) is 9.05 Å². The molecule has 0 aliphatic carbocycles. The van der Waals surface area contributed by atoms with E-state index in [-0.39, 0.29) is 0 Å². The number of fused-ring (bicyclic) bond motifs is 2. The third kappa shape index (κ3) is 1.93. The number of nitrogens with one attached hydrogen (secondary N) is 1. The molecule has 1 atom stereocenters. The molecule has 2 aliphatic heterocycles. The Kier molecular flexibility index (Phi) is 2.73. The van der Waals surface area contributed by atoms with Gasteiger partial charge in [-0.1, -0.05) is 0 Å². The molecule has 0 fully saturated rings. The molecule has 0 saturated carbocycles. The Morgan fingerprint density at radius 2 is 1.52 bits per heavy atom. The first kappa shape index (κ1) is 13.3. The van der Waals surface area contributed by atoms with Gasteiger partial charge in [0.05, 0.1) is 0 Å². The van der Waals surface area contributed by atoms with Crippen molar-refractivity contribution in [3.63, 3.8) is 0 Å². The SMILES string of the molecule is [CH3][Ge]([CH3])([CH3])[N]1c2ccccc2O[P+]12Nc1ccccc1O2. The standard InChI is InChI=1S/C15H18GeN2O2P/c1-16(2,3)18-13-9-5-7-11-15(13)20-21(18)17-12-8-4-6-10-14(12)19-21/h4-11,17H,1-3H3/q+1. The third-order valence-electron chi connectivity index (χ3n) is 3.59. The van der Waals surface area contributed by atoms with E-state index in [0.29, 0.717) is 0 Å². The van der Waals surface area contributed by atoms with E-state index in [1.54, 1.807) is 0 Å². The van der Waals surface area contributed by atoms with Crippen LogP contribution >= 0.6 is 8.02 Å². The van der Waals surface area contributed by atoms with Crippen LogP contribution in [0.3, 0.4) is 0 Å². The molecule has 4 nitrogen and oxygen atoms in total. The van der Waals surface area contributed by atoms with Gasteiger partial charge in [-0.3, -0.25) is 0 Å². The Morgan fingerprint density at radius 1 is 0.905 bits per heavy atom. The molecule has 0 aromatic heterocycles. The second-order valence-electron chi connectivity index (χ2n) is 6.26. The molecule has 2 aliphatic rings. The van der Waals surface area contributed by atoms with Crippen LogP contribution in [0.4, 0.5) is 11.4 Å². The molecule has 0 bridgehead atoms. The molecule has 2 aromatic carbocycles. The number of benzene rings is 2. The summed E-state index contributed by atoms with van der Waals surface area (Å²) in [6.07, 6.45) is 0. The summed E-state index contributed by atoms with van der Waals surface area (Å²) in [6.45, 7) is 0. The van der Waals surface area contributed by atoms with Crippen molar-refractivity contribution in [2.24, 2.45) is 0 Å². The van der Waals surface area contributed by atoms with E-state index in [1.807, 2.05) is 36.4 Å². The molecule has 0 radical (unpaired) electrons. The Hall–Kier alpha value is -1.39. The molecule has 4 rings (SSSR count). The molecule has 21 heavy (non-hydrogen) atoms. The molecule has 2 aromatic rings. The van der Waals surface area contributed by atoms with Crippen molar-refractivity contribution in [2.75, 3.05) is 8.71 Å². The van der Waals surface area contributed by atoms with Gasteiger partial charge in [0.2, 0.25) is 0 Å². The van der Waals surface area contributed by atoms with Crippen molar-refractivity contribution in [2.45, 2.75) is 17.3 Å². The Balaban J connectivity index is 1.85. The predicted octanol–water partition coefficient (Wildman–Crippen LogP) is 4.90. The Bertz CT molecular complexity index is 686. The first-order valence-corrected chi connectivity index (χ1v) is 15.9. The van der Waals surface area contributed by atoms with E-state index >= 15 is 0 Å². The fourth-order valence-electron chi connectivity index (χ4n) is 2.86. The summed E-state index contributed by atoms with van der Waals surface area (Å²) >= 11 is -2.23. The predicted molar refractivity (Wildman–Crippen MR) is 90.5 cm³/mol. The zero-order chi connectivity index (χ0) is 14.7. The van der Waals surface area contributed by atoms with E-state index in [1.165, 1.54) is 5.69 Å². The van der Waals surface area contributed by atoms with Crippen LogP contribution in [0.5, 0.6) is 11.5 Å². The van der Waals surface area contributed by atoms with E-state index in [2.05, 4.69) is 38.1 Å². The van der Waals surface area contributed by atoms with Gasteiger partial charge in [-0.25, -0.2) is 0 Å². The maximum absolute atomic E-state index is 6.33. The van der Waals surface area contributed by atoms with Gasteiger partial charge in [-0.2, -0.15) is 0 Å². The quantitative estimate of drug-likeness (QED) is 0.578. The van der Waals surface area contributed by atoms with Crippen LogP contribution in [0, 0.1) is 0 Å². The molecule has 108 valence electrons. The van der Waals surface area contributed by atoms with E-state index in [9.17, 15) is 0 Å². The summed E-state index contributed by atoms with van der Waals surface area (Å²) in [4.78, 5) is 0. The summed E-state index contributed by atoms with van der Waals surface area (Å²) in [5.74, 6) is 8.89. The summed E-state index contributed by atoms with van der Waals surface area (Å²) in [6, 6.07) is 16.3. The minimum absolute atomic E-state index is 0.885. The first-order valence-electron chi connectivity index (χ1n) is 7.05. The van der Waals surface area contributed by atoms with Crippen LogP contribution in [0.15, 0.2) is 48.5 Å². The van der Waals surface area contributed by atoms with Crippen LogP contribution < -0.4 is 17.8 Å². The Morgan fingerprint density at radius 3 is 2.24 bits per heavy atom. The number of nitrogens with zero attached hydrogens (tertiary/aromatic N) is 1. The van der Waals surface area contributed by atoms with Gasteiger partial charge in [-0.05, 0) is 0 Å². The van der Waals surface area contributed by atoms with Crippen LogP contribution in [-0.4, -0.2) is 13.5 Å². The maximum atomic E-state index is 6.33. The van der Waals surface area contributed by atoms with Crippen molar-refractivity contribution >= 4 is 32.9 Å². The molecule has 6 heteroatoms. The molecule has 1 N–H and O–H groups in total. The number of anilines is 2. The number of rotatable bonds is 1. The van der Waals surface area contributed by atoms with Crippen LogP contribution in [0.25, 0.3) is 0 Å². The second kappa shape index (κ2) is 4.31. The van der Waals surface area contributed by atoms with E-state index in [0.717, 1.165) is 17.2 Å². The Labute approximate surface area is 128 Å². The van der Waals surface area contributed by atoms with Gasteiger partial charge in [0.15, 0.2) is 0 Å². The van der Waals surface area contributed by atoms with Gasteiger partial charge in [0.1, 0.15) is 0 Å². The summed E-state index contributed by atoms with van der Waals surface area (Å²) in [5.41, 5.74) is 2.19. The van der Waals surface area contributed by atoms with Crippen LogP contribution in [0.1, 0.15) is 0 Å². The van der Waals surface area contributed by atoms with Gasteiger partial charge >= 0.3 is 128 Å². The van der Waals surface area contributed by atoms with Gasteiger partial charge in [0, 0.05) is 0 Å². The molecule has 1 unspecified atom stereocenters. The fraction of sp³-hybridized carbons (Fsp3) is 0.200. The van der Waals surface area contributed by atoms with Crippen molar-refractivity contribution in [1.29, 1.82) is 0 Å². The van der Waals surface area contributed by atoms with Crippen molar-refractivity contribution in [3.05, 3.63) is 48.5 Å².